The van der Waals surface area contributed by atoms with Gasteiger partial charge in [-0.1, -0.05) is 28.4 Å². The highest BCUT2D eigenvalue weighted by atomic mass is 35.5. The number of nitrogens with one attached hydrogen (secondary N) is 1. The van der Waals surface area contributed by atoms with Gasteiger partial charge in [-0.15, -0.1) is 5.11 Å². The predicted molar refractivity (Wildman–Crippen MR) is 32.7 cm³/mol. The van der Waals surface area contributed by atoms with Gasteiger partial charge in [0.2, 0.25) is 0 Å². The van der Waals surface area contributed by atoms with E-state index in [2.05, 4.69) is 15.8 Å². The molecule has 0 amide bonds. The Morgan fingerprint density at radius 3 is 2.78 bits per heavy atom. The van der Waals surface area contributed by atoms with Crippen molar-refractivity contribution in [2.45, 2.75) is 5.18 Å². The summed E-state index contributed by atoms with van der Waals surface area (Å²) in [4.78, 5) is 0. The molecular formula is C3H3Cl2N3O. The van der Waals surface area contributed by atoms with Crippen LogP contribution in [-0.2, 0) is 0 Å². The number of rotatable bonds is 0. The van der Waals surface area contributed by atoms with Crippen LogP contribution >= 0.6 is 23.2 Å². The molecule has 4 nitrogen and oxygen atoms in total. The lowest BCUT2D eigenvalue weighted by Crippen LogP contribution is -2.20. The highest BCUT2D eigenvalue weighted by molar-refractivity contribution is 6.31. The van der Waals surface area contributed by atoms with Crippen molar-refractivity contribution in [1.29, 1.82) is 0 Å². The first-order valence-electron chi connectivity index (χ1n) is 2.08. The third-order valence-electron chi connectivity index (χ3n) is 0.657. The average molecular weight is 168 g/mol. The quantitative estimate of drug-likeness (QED) is 0.417. The first kappa shape index (κ1) is 6.80. The normalized spacial score (nSPS) is 33.4. The van der Waals surface area contributed by atoms with Crippen LogP contribution in [0, 0.1) is 0 Å². The zero-order valence-corrected chi connectivity index (χ0v) is 5.69. The summed E-state index contributed by atoms with van der Waals surface area (Å²) >= 11 is 10.6. The number of aliphatic hydroxyl groups is 1. The summed E-state index contributed by atoms with van der Waals surface area (Å²) in [5.41, 5.74) is 2.28. The molecule has 0 bridgehead atoms. The molecule has 1 unspecified atom stereocenters. The first-order valence-corrected chi connectivity index (χ1v) is 2.83. The van der Waals surface area contributed by atoms with Crippen LogP contribution in [0.3, 0.4) is 0 Å². The van der Waals surface area contributed by atoms with Crippen molar-refractivity contribution >= 4 is 23.2 Å². The van der Waals surface area contributed by atoms with Gasteiger partial charge in [-0.2, -0.15) is 0 Å². The number of hydrogen-bond donors (Lipinski definition) is 2. The van der Waals surface area contributed by atoms with E-state index in [9.17, 15) is 0 Å². The number of alkyl halides is 1. The zero-order chi connectivity index (χ0) is 6.91. The second-order valence-corrected chi connectivity index (χ2v) is 2.40. The van der Waals surface area contributed by atoms with E-state index >= 15 is 0 Å². The maximum Gasteiger partial charge on any atom is 0.278 e. The summed E-state index contributed by atoms with van der Waals surface area (Å²) in [5, 5.41) is 13.6. The van der Waals surface area contributed by atoms with E-state index in [0.29, 0.717) is 0 Å². The fourth-order valence-corrected chi connectivity index (χ4v) is 0.758. The van der Waals surface area contributed by atoms with Crippen molar-refractivity contribution < 1.29 is 5.11 Å². The van der Waals surface area contributed by atoms with Crippen LogP contribution in [0.4, 0.5) is 0 Å². The van der Waals surface area contributed by atoms with E-state index in [1.165, 1.54) is 0 Å². The van der Waals surface area contributed by atoms with E-state index in [-0.39, 0.29) is 5.16 Å². The molecular weight excluding hydrogens is 165 g/mol. The zero-order valence-electron chi connectivity index (χ0n) is 4.17. The van der Waals surface area contributed by atoms with E-state index < -0.39 is 5.18 Å². The molecule has 0 aromatic heterocycles. The van der Waals surface area contributed by atoms with Gasteiger partial charge in [-0.3, -0.25) is 0 Å². The Hall–Kier alpha value is -0.320. The van der Waals surface area contributed by atoms with Gasteiger partial charge in [0.15, 0.2) is 0 Å². The van der Waals surface area contributed by atoms with Crippen LogP contribution in [0.5, 0.6) is 0 Å². The third-order valence-corrected chi connectivity index (χ3v) is 1.04. The monoisotopic (exact) mass is 167 g/mol. The lowest BCUT2D eigenvalue weighted by molar-refractivity contribution is 0.173. The van der Waals surface area contributed by atoms with Gasteiger partial charge in [0, 0.05) is 6.08 Å². The van der Waals surface area contributed by atoms with Gasteiger partial charge in [-0.05, 0) is 0 Å². The van der Waals surface area contributed by atoms with Crippen LogP contribution in [0.1, 0.15) is 0 Å². The molecule has 1 aliphatic rings. The van der Waals surface area contributed by atoms with Gasteiger partial charge in [0.25, 0.3) is 5.18 Å². The molecule has 1 rings (SSSR count). The van der Waals surface area contributed by atoms with Crippen molar-refractivity contribution in [2.24, 2.45) is 10.3 Å². The Morgan fingerprint density at radius 1 is 1.78 bits per heavy atom. The molecule has 6 heteroatoms. The molecule has 0 saturated heterocycles. The summed E-state index contributed by atoms with van der Waals surface area (Å²) in [6, 6.07) is 0. The molecule has 9 heavy (non-hydrogen) atoms. The second kappa shape index (κ2) is 2.13. The Balaban J connectivity index is 2.78. The van der Waals surface area contributed by atoms with Crippen molar-refractivity contribution in [2.75, 3.05) is 0 Å². The summed E-state index contributed by atoms with van der Waals surface area (Å²) in [6.07, 6.45) is 1.13. The minimum Gasteiger partial charge on any atom is -0.352 e. The van der Waals surface area contributed by atoms with E-state index in [1.807, 2.05) is 0 Å². The SMILES string of the molecule is OC1(Cl)C=C(Cl)NN=N1. The highest BCUT2D eigenvalue weighted by Gasteiger charge is 2.22. The van der Waals surface area contributed by atoms with Gasteiger partial charge < -0.3 is 5.11 Å². The number of hydrogen-bond acceptors (Lipinski definition) is 4. The molecule has 2 N–H and O–H groups in total. The number of halogens is 2. The third kappa shape index (κ3) is 1.82. The highest BCUT2D eigenvalue weighted by Crippen LogP contribution is 2.20. The first-order chi connectivity index (χ1) is 4.10. The molecule has 1 aliphatic heterocycles. The van der Waals surface area contributed by atoms with Gasteiger partial charge in [0.05, 0.1) is 0 Å². The molecule has 1 heterocycles. The summed E-state index contributed by atoms with van der Waals surface area (Å²) < 4.78 is 0. The molecule has 0 aromatic rings. The topological polar surface area (TPSA) is 57.0 Å². The van der Waals surface area contributed by atoms with Gasteiger partial charge in [-0.25, -0.2) is 5.43 Å². The summed E-state index contributed by atoms with van der Waals surface area (Å²) in [7, 11) is 0. The fraction of sp³-hybridized carbons (Fsp3) is 0.333. The van der Waals surface area contributed by atoms with E-state index in [0.717, 1.165) is 6.08 Å². The second-order valence-electron chi connectivity index (χ2n) is 1.44. The Morgan fingerprint density at radius 2 is 2.44 bits per heavy atom. The molecule has 50 valence electrons. The molecule has 0 radical (unpaired) electrons. The van der Waals surface area contributed by atoms with Crippen molar-refractivity contribution in [1.82, 2.24) is 5.43 Å². The van der Waals surface area contributed by atoms with Crippen LogP contribution in [-0.4, -0.2) is 10.3 Å². The molecule has 1 atom stereocenters. The maximum absolute atomic E-state index is 8.85. The summed E-state index contributed by atoms with van der Waals surface area (Å²) in [5.74, 6) is 0. The molecule has 0 spiro atoms. The minimum absolute atomic E-state index is 0.155. The fourth-order valence-electron chi connectivity index (χ4n) is 0.365. The molecule has 0 aromatic carbocycles. The van der Waals surface area contributed by atoms with Crippen LogP contribution in [0.15, 0.2) is 21.6 Å². The van der Waals surface area contributed by atoms with Crippen molar-refractivity contribution in [3.63, 3.8) is 0 Å². The average Bonchev–Trinajstić information content (AvgIpc) is 1.60. The Kier molecular flexibility index (Phi) is 1.61. The van der Waals surface area contributed by atoms with Crippen molar-refractivity contribution in [3.05, 3.63) is 11.2 Å². The van der Waals surface area contributed by atoms with Gasteiger partial charge in [0.1, 0.15) is 5.16 Å². The van der Waals surface area contributed by atoms with E-state index in [1.54, 1.807) is 0 Å². The van der Waals surface area contributed by atoms with Gasteiger partial charge >= 0.3 is 0 Å². The van der Waals surface area contributed by atoms with E-state index in [4.69, 9.17) is 28.3 Å². The Labute approximate surface area is 61.1 Å². The van der Waals surface area contributed by atoms with Crippen LogP contribution in [0.2, 0.25) is 0 Å². The van der Waals surface area contributed by atoms with Crippen LogP contribution in [0.25, 0.3) is 0 Å². The lowest BCUT2D eigenvalue weighted by Gasteiger charge is -2.12. The molecule has 0 saturated carbocycles. The Bertz CT molecular complexity index is 176. The largest absolute Gasteiger partial charge is 0.352 e. The maximum atomic E-state index is 8.85. The van der Waals surface area contributed by atoms with Crippen LogP contribution < -0.4 is 5.43 Å². The van der Waals surface area contributed by atoms with Crippen molar-refractivity contribution in [3.8, 4) is 0 Å². The predicted octanol–water partition coefficient (Wildman–Crippen LogP) is 0.922. The molecule has 0 fully saturated rings. The minimum atomic E-state index is -1.78. The molecule has 0 aliphatic carbocycles. The number of nitrogens with zero attached hydrogens (tertiary/aromatic N) is 2. The standard InChI is InChI=1S/C3H3Cl2N3O/c4-2-1-3(5,9)7-8-6-2/h1,9H,(H,6,7). The smallest absolute Gasteiger partial charge is 0.278 e. The summed E-state index contributed by atoms with van der Waals surface area (Å²) in [6.45, 7) is 0. The lowest BCUT2D eigenvalue weighted by atomic mass is 10.5.